The molecule has 2 N–H and O–H groups in total. The van der Waals surface area contributed by atoms with E-state index in [-0.39, 0.29) is 0 Å². The molecule has 6 heteroatoms. The molecule has 1 aliphatic carbocycles. The van der Waals surface area contributed by atoms with Crippen molar-refractivity contribution in [3.05, 3.63) is 108 Å². The Labute approximate surface area is 214 Å². The van der Waals surface area contributed by atoms with Crippen molar-refractivity contribution in [3.63, 3.8) is 0 Å². The Bertz CT molecular complexity index is 1590. The fourth-order valence-corrected chi connectivity index (χ4v) is 4.77. The van der Waals surface area contributed by atoms with Gasteiger partial charge in [0.25, 0.3) is 0 Å². The second kappa shape index (κ2) is 9.06. The SMILES string of the molecule is Cc1noc(-c2ccccc2-c2ccc(C3(C(=O)O)CC3)cc2)c1Nc1ccnc(-c2ccccc2)c1. The minimum absolute atomic E-state index is 0.638. The highest BCUT2D eigenvalue weighted by Gasteiger charge is 2.51. The number of aryl methyl sites for hydroxylation is 1. The zero-order valence-corrected chi connectivity index (χ0v) is 20.3. The Kier molecular flexibility index (Phi) is 5.57. The van der Waals surface area contributed by atoms with Crippen LogP contribution in [0.25, 0.3) is 33.7 Å². The second-order valence-electron chi connectivity index (χ2n) is 9.40. The van der Waals surface area contributed by atoms with Crippen LogP contribution in [0.3, 0.4) is 0 Å². The third kappa shape index (κ3) is 4.16. The fraction of sp³-hybridized carbons (Fsp3) is 0.129. The topological polar surface area (TPSA) is 88.2 Å². The summed E-state index contributed by atoms with van der Waals surface area (Å²) in [5.41, 5.74) is 7.32. The number of aromatic nitrogens is 2. The molecule has 6 nitrogen and oxygen atoms in total. The molecule has 0 spiro atoms. The van der Waals surface area contributed by atoms with Gasteiger partial charge >= 0.3 is 5.97 Å². The van der Waals surface area contributed by atoms with E-state index in [1.807, 2.05) is 97.9 Å². The lowest BCUT2D eigenvalue weighted by Gasteiger charge is -2.13. The van der Waals surface area contributed by atoms with E-state index in [4.69, 9.17) is 4.52 Å². The predicted molar refractivity (Wildman–Crippen MR) is 144 cm³/mol. The minimum Gasteiger partial charge on any atom is -0.481 e. The van der Waals surface area contributed by atoms with Gasteiger partial charge in [0.2, 0.25) is 0 Å². The summed E-state index contributed by atoms with van der Waals surface area (Å²) in [6.45, 7) is 1.91. The van der Waals surface area contributed by atoms with Crippen LogP contribution < -0.4 is 5.32 Å². The summed E-state index contributed by atoms with van der Waals surface area (Å²) in [4.78, 5) is 16.3. The molecule has 1 fully saturated rings. The van der Waals surface area contributed by atoms with E-state index in [9.17, 15) is 9.90 Å². The van der Waals surface area contributed by atoms with Gasteiger partial charge in [-0.3, -0.25) is 9.78 Å². The van der Waals surface area contributed by atoms with Crippen molar-refractivity contribution < 1.29 is 14.4 Å². The van der Waals surface area contributed by atoms with Gasteiger partial charge in [-0.25, -0.2) is 0 Å². The number of rotatable bonds is 7. The van der Waals surface area contributed by atoms with Crippen molar-refractivity contribution in [1.82, 2.24) is 10.1 Å². The van der Waals surface area contributed by atoms with Crippen LogP contribution >= 0.6 is 0 Å². The Balaban J connectivity index is 1.35. The highest BCUT2D eigenvalue weighted by atomic mass is 16.5. The maximum Gasteiger partial charge on any atom is 0.314 e. The van der Waals surface area contributed by atoms with Gasteiger partial charge in [-0.1, -0.05) is 84.0 Å². The molecule has 0 aliphatic heterocycles. The monoisotopic (exact) mass is 487 g/mol. The Morgan fingerprint density at radius 2 is 1.59 bits per heavy atom. The number of hydrogen-bond donors (Lipinski definition) is 2. The van der Waals surface area contributed by atoms with Gasteiger partial charge in [0.1, 0.15) is 11.4 Å². The lowest BCUT2D eigenvalue weighted by Crippen LogP contribution is -2.19. The first-order valence-electron chi connectivity index (χ1n) is 12.2. The summed E-state index contributed by atoms with van der Waals surface area (Å²) in [6.07, 6.45) is 3.16. The van der Waals surface area contributed by atoms with Gasteiger partial charge in [-0.2, -0.15) is 0 Å². The largest absolute Gasteiger partial charge is 0.481 e. The number of carbonyl (C=O) groups is 1. The summed E-state index contributed by atoms with van der Waals surface area (Å²) in [5.74, 6) is -0.112. The predicted octanol–water partition coefficient (Wildman–Crippen LogP) is 7.24. The smallest absolute Gasteiger partial charge is 0.314 e. The van der Waals surface area contributed by atoms with Crippen LogP contribution in [0, 0.1) is 6.92 Å². The van der Waals surface area contributed by atoms with Crippen LogP contribution in [0.2, 0.25) is 0 Å². The number of nitrogens with zero attached hydrogens (tertiary/aromatic N) is 2. The molecule has 1 aliphatic rings. The van der Waals surface area contributed by atoms with E-state index in [2.05, 4.69) is 15.5 Å². The minimum atomic E-state index is -0.750. The zero-order chi connectivity index (χ0) is 25.4. The third-order valence-electron chi connectivity index (χ3n) is 7.04. The number of anilines is 2. The van der Waals surface area contributed by atoms with Gasteiger partial charge in [0.05, 0.1) is 11.1 Å². The number of carboxylic acid groups (broad SMARTS) is 1. The molecule has 5 aromatic rings. The van der Waals surface area contributed by atoms with Crippen LogP contribution in [0.4, 0.5) is 11.4 Å². The average Bonchev–Trinajstić information content (AvgIpc) is 3.69. The zero-order valence-electron chi connectivity index (χ0n) is 20.3. The number of hydrogen-bond acceptors (Lipinski definition) is 5. The van der Waals surface area contributed by atoms with E-state index in [1.54, 1.807) is 6.20 Å². The number of pyridine rings is 1. The highest BCUT2D eigenvalue weighted by molar-refractivity contribution is 5.89. The average molecular weight is 488 g/mol. The quantitative estimate of drug-likeness (QED) is 0.252. The number of nitrogens with one attached hydrogen (secondary N) is 1. The molecule has 0 unspecified atom stereocenters. The van der Waals surface area contributed by atoms with Crippen molar-refractivity contribution in [2.45, 2.75) is 25.2 Å². The van der Waals surface area contributed by atoms with Crippen LogP contribution in [-0.4, -0.2) is 21.2 Å². The van der Waals surface area contributed by atoms with Crippen molar-refractivity contribution in [2.24, 2.45) is 0 Å². The Morgan fingerprint density at radius 3 is 2.30 bits per heavy atom. The Hall–Kier alpha value is -4.71. The molecule has 6 rings (SSSR count). The summed E-state index contributed by atoms with van der Waals surface area (Å²) in [6, 6.07) is 29.8. The third-order valence-corrected chi connectivity index (χ3v) is 7.04. The van der Waals surface area contributed by atoms with E-state index < -0.39 is 11.4 Å². The molecule has 0 bridgehead atoms. The van der Waals surface area contributed by atoms with E-state index >= 15 is 0 Å². The first-order valence-corrected chi connectivity index (χ1v) is 12.2. The molecule has 2 heterocycles. The molecule has 0 radical (unpaired) electrons. The van der Waals surface area contributed by atoms with Gasteiger partial charge in [-0.15, -0.1) is 0 Å². The molecular weight excluding hydrogens is 462 g/mol. The second-order valence-corrected chi connectivity index (χ2v) is 9.40. The van der Waals surface area contributed by atoms with Crippen LogP contribution in [0.5, 0.6) is 0 Å². The van der Waals surface area contributed by atoms with E-state index in [1.165, 1.54) is 0 Å². The number of carboxylic acids is 1. The first kappa shape index (κ1) is 22.7. The molecule has 0 amide bonds. The molecule has 37 heavy (non-hydrogen) atoms. The molecule has 3 aromatic carbocycles. The van der Waals surface area contributed by atoms with Gasteiger partial charge in [0.15, 0.2) is 5.76 Å². The van der Waals surface area contributed by atoms with Gasteiger partial charge in [-0.05, 0) is 48.6 Å². The molecule has 2 aromatic heterocycles. The maximum absolute atomic E-state index is 11.7. The van der Waals surface area contributed by atoms with Crippen molar-refractivity contribution in [3.8, 4) is 33.7 Å². The fourth-order valence-electron chi connectivity index (χ4n) is 4.77. The van der Waals surface area contributed by atoms with E-state index in [0.29, 0.717) is 18.6 Å². The molecule has 0 atom stereocenters. The summed E-state index contributed by atoms with van der Waals surface area (Å²) in [7, 11) is 0. The summed E-state index contributed by atoms with van der Waals surface area (Å²) >= 11 is 0. The molecule has 1 saturated carbocycles. The summed E-state index contributed by atoms with van der Waals surface area (Å²) < 4.78 is 5.84. The molecule has 0 saturated heterocycles. The van der Waals surface area contributed by atoms with Crippen molar-refractivity contribution >= 4 is 17.3 Å². The first-order chi connectivity index (χ1) is 18.0. The maximum atomic E-state index is 11.7. The van der Waals surface area contributed by atoms with Gasteiger partial charge < -0.3 is 14.9 Å². The van der Waals surface area contributed by atoms with Crippen molar-refractivity contribution in [2.75, 3.05) is 5.32 Å². The van der Waals surface area contributed by atoms with Crippen molar-refractivity contribution in [1.29, 1.82) is 0 Å². The van der Waals surface area contributed by atoms with Gasteiger partial charge in [0, 0.05) is 23.0 Å². The standard InChI is InChI=1S/C31H25N3O3/c1-20-28(33-24-15-18-32-27(19-24)22-7-3-2-4-8-22)29(37-34-20)26-10-6-5-9-25(26)21-11-13-23(14-12-21)31(16-17-31)30(35)36/h2-15,18-19H,16-17H2,1H3,(H,32,33)(H,35,36). The molecule has 182 valence electrons. The summed E-state index contributed by atoms with van der Waals surface area (Å²) in [5, 5.41) is 17.4. The normalized spacial score (nSPS) is 13.8. The lowest BCUT2D eigenvalue weighted by molar-refractivity contribution is -0.140. The highest BCUT2D eigenvalue weighted by Crippen LogP contribution is 2.49. The Morgan fingerprint density at radius 1 is 0.892 bits per heavy atom. The van der Waals surface area contributed by atoms with E-state index in [0.717, 1.165) is 50.6 Å². The lowest BCUT2D eigenvalue weighted by atomic mass is 9.92. The number of aliphatic carboxylic acids is 1. The van der Waals surface area contributed by atoms with Crippen LogP contribution in [0.1, 0.15) is 24.1 Å². The number of benzene rings is 3. The van der Waals surface area contributed by atoms with Crippen LogP contribution in [0.15, 0.2) is 102 Å². The molecular formula is C31H25N3O3. The van der Waals surface area contributed by atoms with Crippen LogP contribution in [-0.2, 0) is 10.2 Å².